The predicted octanol–water partition coefficient (Wildman–Crippen LogP) is 1.84. The first-order valence-corrected chi connectivity index (χ1v) is 9.92. The molecule has 2 aliphatic rings. The van der Waals surface area contributed by atoms with Gasteiger partial charge in [-0.1, -0.05) is 30.3 Å². The van der Waals surface area contributed by atoms with E-state index in [2.05, 4.69) is 27.7 Å². The molecule has 2 amide bonds. The van der Waals surface area contributed by atoms with Crippen LogP contribution in [-0.2, 0) is 20.9 Å². The minimum absolute atomic E-state index is 0.00128. The van der Waals surface area contributed by atoms with Crippen molar-refractivity contribution in [2.45, 2.75) is 69.9 Å². The molecular weight excluding hydrogens is 342 g/mol. The summed E-state index contributed by atoms with van der Waals surface area (Å²) < 4.78 is 5.89. The summed E-state index contributed by atoms with van der Waals surface area (Å²) in [5, 5.41) is 6.02. The molecule has 2 N–H and O–H groups in total. The molecule has 1 heterocycles. The van der Waals surface area contributed by atoms with E-state index in [0.29, 0.717) is 25.6 Å². The number of amides is 2. The zero-order chi connectivity index (χ0) is 19.2. The molecule has 0 radical (unpaired) electrons. The molecule has 6 nitrogen and oxygen atoms in total. The van der Waals surface area contributed by atoms with Crippen LogP contribution in [0.15, 0.2) is 30.3 Å². The molecule has 0 unspecified atom stereocenters. The number of hydrogen-bond acceptors (Lipinski definition) is 4. The Bertz CT molecular complexity index is 631. The maximum Gasteiger partial charge on any atom is 0.221 e. The van der Waals surface area contributed by atoms with Gasteiger partial charge in [0.25, 0.3) is 0 Å². The van der Waals surface area contributed by atoms with E-state index in [1.54, 1.807) is 0 Å². The second kappa shape index (κ2) is 9.33. The number of likely N-dealkylation sites (tertiary alicyclic amines) is 1. The first kappa shape index (κ1) is 19.8. The fraction of sp³-hybridized carbons (Fsp3) is 0.619. The van der Waals surface area contributed by atoms with E-state index in [-0.39, 0.29) is 30.0 Å². The number of nitrogens with zero attached hydrogens (tertiary/aromatic N) is 1. The van der Waals surface area contributed by atoms with Crippen molar-refractivity contribution in [1.82, 2.24) is 15.5 Å². The Balaban J connectivity index is 1.31. The van der Waals surface area contributed by atoms with Gasteiger partial charge in [-0.2, -0.15) is 0 Å². The lowest BCUT2D eigenvalue weighted by Crippen LogP contribution is -2.49. The molecule has 1 saturated heterocycles. The summed E-state index contributed by atoms with van der Waals surface area (Å²) in [6.45, 7) is 2.83. The van der Waals surface area contributed by atoms with Crippen molar-refractivity contribution >= 4 is 11.8 Å². The van der Waals surface area contributed by atoms with E-state index in [1.807, 2.05) is 25.2 Å². The molecule has 27 heavy (non-hydrogen) atoms. The minimum atomic E-state index is -0.00128. The second-order valence-electron chi connectivity index (χ2n) is 7.85. The van der Waals surface area contributed by atoms with Gasteiger partial charge in [-0.25, -0.2) is 0 Å². The van der Waals surface area contributed by atoms with Gasteiger partial charge in [-0.05, 0) is 38.3 Å². The zero-order valence-electron chi connectivity index (χ0n) is 16.3. The van der Waals surface area contributed by atoms with Crippen molar-refractivity contribution in [2.75, 3.05) is 13.6 Å². The Kier molecular flexibility index (Phi) is 6.85. The molecule has 148 valence electrons. The number of ether oxygens (including phenoxy) is 1. The Morgan fingerprint density at radius 1 is 1.15 bits per heavy atom. The Labute approximate surface area is 161 Å². The number of carbonyl (C=O) groups is 2. The molecule has 0 spiro atoms. The standard InChI is InChI=1S/C21H31N3O3/c1-15(25)22-13-19-9-8-18(24(19)2)12-21(26)23-17-10-20(11-17)27-14-16-6-4-3-5-7-16/h3-7,17-20H,8-14H2,1-2H3,(H,22,25)(H,23,26)/t17?,18-,19+,20?/m0/s1. The highest BCUT2D eigenvalue weighted by molar-refractivity contribution is 5.77. The lowest BCUT2D eigenvalue weighted by atomic mass is 9.89. The number of hydrogen-bond donors (Lipinski definition) is 2. The minimum Gasteiger partial charge on any atom is -0.373 e. The second-order valence-corrected chi connectivity index (χ2v) is 7.85. The summed E-state index contributed by atoms with van der Waals surface area (Å²) in [6, 6.07) is 11.0. The Morgan fingerprint density at radius 3 is 2.56 bits per heavy atom. The van der Waals surface area contributed by atoms with Crippen molar-refractivity contribution in [3.05, 3.63) is 35.9 Å². The van der Waals surface area contributed by atoms with Crippen molar-refractivity contribution in [3.8, 4) is 0 Å². The molecule has 3 rings (SSSR count). The summed E-state index contributed by atoms with van der Waals surface area (Å²) in [6.07, 6.45) is 4.58. The van der Waals surface area contributed by atoms with Gasteiger partial charge in [-0.15, -0.1) is 0 Å². The normalized spacial score (nSPS) is 27.8. The van der Waals surface area contributed by atoms with E-state index in [0.717, 1.165) is 25.7 Å². The van der Waals surface area contributed by atoms with E-state index in [9.17, 15) is 9.59 Å². The third kappa shape index (κ3) is 5.78. The summed E-state index contributed by atoms with van der Waals surface area (Å²) in [7, 11) is 2.05. The van der Waals surface area contributed by atoms with Crippen molar-refractivity contribution in [3.63, 3.8) is 0 Å². The van der Waals surface area contributed by atoms with Crippen LogP contribution in [0.3, 0.4) is 0 Å². The summed E-state index contributed by atoms with van der Waals surface area (Å²) in [5.41, 5.74) is 1.18. The van der Waals surface area contributed by atoms with Crippen LogP contribution in [0.1, 0.15) is 44.6 Å². The lowest BCUT2D eigenvalue weighted by Gasteiger charge is -2.36. The van der Waals surface area contributed by atoms with Crippen LogP contribution in [-0.4, -0.2) is 54.5 Å². The first-order chi connectivity index (χ1) is 13.0. The van der Waals surface area contributed by atoms with Gasteiger partial charge in [0.2, 0.25) is 11.8 Å². The zero-order valence-corrected chi connectivity index (χ0v) is 16.3. The van der Waals surface area contributed by atoms with Gasteiger partial charge in [0, 0.05) is 38.0 Å². The average molecular weight is 373 g/mol. The summed E-state index contributed by atoms with van der Waals surface area (Å²) >= 11 is 0. The van der Waals surface area contributed by atoms with Crippen LogP contribution in [0.25, 0.3) is 0 Å². The van der Waals surface area contributed by atoms with Gasteiger partial charge in [0.15, 0.2) is 0 Å². The van der Waals surface area contributed by atoms with Crippen LogP contribution in [0.5, 0.6) is 0 Å². The molecular formula is C21H31N3O3. The van der Waals surface area contributed by atoms with Gasteiger partial charge in [0.1, 0.15) is 0 Å². The monoisotopic (exact) mass is 373 g/mol. The van der Waals surface area contributed by atoms with Crippen LogP contribution < -0.4 is 10.6 Å². The number of carbonyl (C=O) groups excluding carboxylic acids is 2. The molecule has 1 saturated carbocycles. The summed E-state index contributed by atoms with van der Waals surface area (Å²) in [5.74, 6) is 0.122. The lowest BCUT2D eigenvalue weighted by molar-refractivity contribution is -0.125. The topological polar surface area (TPSA) is 70.7 Å². The number of likely N-dealkylation sites (N-methyl/N-ethyl adjacent to an activating group) is 1. The fourth-order valence-corrected chi connectivity index (χ4v) is 3.95. The SMILES string of the molecule is CC(=O)NC[C@H]1CC[C@@H](CC(=O)NC2CC(OCc3ccccc3)C2)N1C. The highest BCUT2D eigenvalue weighted by Gasteiger charge is 2.34. The maximum absolute atomic E-state index is 12.4. The largest absolute Gasteiger partial charge is 0.373 e. The molecule has 2 fully saturated rings. The fourth-order valence-electron chi connectivity index (χ4n) is 3.95. The van der Waals surface area contributed by atoms with Crippen LogP contribution >= 0.6 is 0 Å². The maximum atomic E-state index is 12.4. The molecule has 0 aromatic heterocycles. The smallest absolute Gasteiger partial charge is 0.221 e. The highest BCUT2D eigenvalue weighted by Crippen LogP contribution is 2.26. The van der Waals surface area contributed by atoms with Crippen LogP contribution in [0.4, 0.5) is 0 Å². The molecule has 1 aliphatic carbocycles. The Morgan fingerprint density at radius 2 is 1.85 bits per heavy atom. The summed E-state index contributed by atoms with van der Waals surface area (Å²) in [4.78, 5) is 25.7. The van der Waals surface area contributed by atoms with E-state index in [1.165, 1.54) is 12.5 Å². The number of benzene rings is 1. The third-order valence-electron chi connectivity index (χ3n) is 5.78. The molecule has 2 atom stereocenters. The molecule has 1 aromatic rings. The molecule has 0 bridgehead atoms. The number of nitrogens with one attached hydrogen (secondary N) is 2. The number of rotatable bonds is 8. The third-order valence-corrected chi connectivity index (χ3v) is 5.78. The van der Waals surface area contributed by atoms with Gasteiger partial charge < -0.3 is 15.4 Å². The van der Waals surface area contributed by atoms with Crippen molar-refractivity contribution in [1.29, 1.82) is 0 Å². The highest BCUT2D eigenvalue weighted by atomic mass is 16.5. The first-order valence-electron chi connectivity index (χ1n) is 9.92. The van der Waals surface area contributed by atoms with Gasteiger partial charge >= 0.3 is 0 Å². The van der Waals surface area contributed by atoms with Crippen molar-refractivity contribution in [2.24, 2.45) is 0 Å². The van der Waals surface area contributed by atoms with E-state index >= 15 is 0 Å². The average Bonchev–Trinajstić information content (AvgIpc) is 2.95. The van der Waals surface area contributed by atoms with Gasteiger partial charge in [0.05, 0.1) is 12.7 Å². The molecule has 6 heteroatoms. The van der Waals surface area contributed by atoms with E-state index < -0.39 is 0 Å². The van der Waals surface area contributed by atoms with Crippen molar-refractivity contribution < 1.29 is 14.3 Å². The quantitative estimate of drug-likeness (QED) is 0.729. The molecule has 1 aromatic carbocycles. The van der Waals surface area contributed by atoms with Gasteiger partial charge in [-0.3, -0.25) is 14.5 Å². The molecule has 1 aliphatic heterocycles. The van der Waals surface area contributed by atoms with E-state index in [4.69, 9.17) is 4.74 Å². The van der Waals surface area contributed by atoms with Crippen LogP contribution in [0.2, 0.25) is 0 Å². The Hall–Kier alpha value is -1.92. The predicted molar refractivity (Wildman–Crippen MR) is 104 cm³/mol. The van der Waals surface area contributed by atoms with Crippen LogP contribution in [0, 0.1) is 0 Å².